The number of amides is 1. The van der Waals surface area contributed by atoms with E-state index in [2.05, 4.69) is 15.0 Å². The Morgan fingerprint density at radius 2 is 2.11 bits per heavy atom. The first-order chi connectivity index (χ1) is 13.2. The van der Waals surface area contributed by atoms with Gasteiger partial charge in [-0.3, -0.25) is 9.59 Å². The second kappa shape index (κ2) is 6.88. The van der Waals surface area contributed by atoms with E-state index in [0.717, 1.165) is 0 Å². The Morgan fingerprint density at radius 3 is 2.96 bits per heavy atom. The minimum absolute atomic E-state index is 0.114. The number of fused-ring (bicyclic) bond motifs is 1. The molecule has 0 saturated carbocycles. The third kappa shape index (κ3) is 3.22. The lowest BCUT2D eigenvalue weighted by Gasteiger charge is -2.18. The summed E-state index contributed by atoms with van der Waals surface area (Å²) in [7, 11) is 0. The predicted molar refractivity (Wildman–Crippen MR) is 96.3 cm³/mol. The van der Waals surface area contributed by atoms with Gasteiger partial charge in [0.15, 0.2) is 0 Å². The highest BCUT2D eigenvalue weighted by Gasteiger charge is 2.30. The van der Waals surface area contributed by atoms with Crippen molar-refractivity contribution in [2.75, 3.05) is 13.1 Å². The highest BCUT2D eigenvalue weighted by atomic mass is 16.5. The highest BCUT2D eigenvalue weighted by molar-refractivity contribution is 6.06. The average Bonchev–Trinajstić information content (AvgIpc) is 3.15. The summed E-state index contributed by atoms with van der Waals surface area (Å²) in [5.41, 5.74) is 0.788. The number of hydrogen-bond acceptors (Lipinski definition) is 6. The maximum absolute atomic E-state index is 13.0. The van der Waals surface area contributed by atoms with E-state index in [0.29, 0.717) is 36.0 Å². The van der Waals surface area contributed by atoms with E-state index in [4.69, 9.17) is 10.00 Å². The first-order valence-corrected chi connectivity index (χ1v) is 8.45. The van der Waals surface area contributed by atoms with Crippen LogP contribution in [0.3, 0.4) is 0 Å². The summed E-state index contributed by atoms with van der Waals surface area (Å²) in [6.45, 7) is 0.841. The van der Waals surface area contributed by atoms with Crippen LogP contribution in [0.15, 0.2) is 47.5 Å². The Balaban J connectivity index is 1.55. The van der Waals surface area contributed by atoms with Crippen LogP contribution in [0.25, 0.3) is 10.9 Å². The highest BCUT2D eigenvalue weighted by Crippen LogP contribution is 2.22. The molecule has 0 aliphatic carbocycles. The van der Waals surface area contributed by atoms with Crippen molar-refractivity contribution in [2.24, 2.45) is 0 Å². The number of carbonyl (C=O) groups excluding carboxylic acids is 1. The molecule has 1 fully saturated rings. The molecule has 134 valence electrons. The van der Waals surface area contributed by atoms with E-state index in [1.807, 2.05) is 12.1 Å². The summed E-state index contributed by atoms with van der Waals surface area (Å²) < 4.78 is 5.77. The van der Waals surface area contributed by atoms with Gasteiger partial charge in [0.25, 0.3) is 11.8 Å². The predicted octanol–water partition coefficient (Wildman–Crippen LogP) is 1.48. The van der Waals surface area contributed by atoms with Crippen LogP contribution >= 0.6 is 0 Å². The van der Waals surface area contributed by atoms with Gasteiger partial charge in [-0.05, 0) is 6.07 Å². The number of nitrogens with zero attached hydrogens (tertiary/aromatic N) is 4. The molecule has 0 radical (unpaired) electrons. The van der Waals surface area contributed by atoms with Gasteiger partial charge in [-0.15, -0.1) is 0 Å². The van der Waals surface area contributed by atoms with Crippen LogP contribution in [-0.2, 0) is 0 Å². The molecule has 3 aromatic rings. The second-order valence-electron chi connectivity index (χ2n) is 6.19. The van der Waals surface area contributed by atoms with Crippen molar-refractivity contribution in [2.45, 2.75) is 12.5 Å². The standard InChI is InChI=1S/C19H15N5O3/c20-10-16-18(22-7-6-21-16)27-12-5-8-24(11-12)19(26)14-9-17(25)23-15-4-2-1-3-13(14)15/h1-4,6-7,9,12H,5,8,11H2,(H,23,25). The number of nitrogens with one attached hydrogen (secondary N) is 1. The van der Waals surface area contributed by atoms with Crippen LogP contribution in [0.1, 0.15) is 22.5 Å². The molecule has 1 atom stereocenters. The lowest BCUT2D eigenvalue weighted by atomic mass is 10.1. The van der Waals surface area contributed by atoms with Crippen molar-refractivity contribution in [3.8, 4) is 11.9 Å². The van der Waals surface area contributed by atoms with E-state index in [9.17, 15) is 9.59 Å². The van der Waals surface area contributed by atoms with Crippen LogP contribution < -0.4 is 10.3 Å². The van der Waals surface area contributed by atoms with Crippen LogP contribution in [0.4, 0.5) is 0 Å². The smallest absolute Gasteiger partial charge is 0.254 e. The van der Waals surface area contributed by atoms with E-state index in [-0.39, 0.29) is 29.1 Å². The topological polar surface area (TPSA) is 112 Å². The van der Waals surface area contributed by atoms with Crippen molar-refractivity contribution in [3.63, 3.8) is 0 Å². The Hall–Kier alpha value is -3.73. The third-order valence-electron chi connectivity index (χ3n) is 4.46. The number of hydrogen-bond donors (Lipinski definition) is 1. The molecular formula is C19H15N5O3. The fourth-order valence-electron chi connectivity index (χ4n) is 3.21. The van der Waals surface area contributed by atoms with Crippen LogP contribution in [0, 0.1) is 11.3 Å². The summed E-state index contributed by atoms with van der Waals surface area (Å²) in [4.78, 5) is 37.2. The summed E-state index contributed by atoms with van der Waals surface area (Å²) in [5, 5.41) is 9.78. The molecule has 2 aromatic heterocycles. The van der Waals surface area contributed by atoms with Crippen molar-refractivity contribution in [3.05, 3.63) is 64.3 Å². The number of aromatic nitrogens is 3. The SMILES string of the molecule is N#Cc1nccnc1OC1CCN(C(=O)c2cc(=O)[nH]c3ccccc23)C1. The first-order valence-electron chi connectivity index (χ1n) is 8.45. The van der Waals surface area contributed by atoms with Crippen molar-refractivity contribution < 1.29 is 9.53 Å². The lowest BCUT2D eigenvalue weighted by Crippen LogP contribution is -2.32. The number of benzene rings is 1. The monoisotopic (exact) mass is 361 g/mol. The summed E-state index contributed by atoms with van der Waals surface area (Å²) in [6.07, 6.45) is 3.20. The average molecular weight is 361 g/mol. The number of pyridine rings is 1. The number of ether oxygens (including phenoxy) is 1. The molecule has 8 heteroatoms. The zero-order valence-corrected chi connectivity index (χ0v) is 14.3. The van der Waals surface area contributed by atoms with Crippen LogP contribution in [0.5, 0.6) is 5.88 Å². The maximum Gasteiger partial charge on any atom is 0.254 e. The molecule has 1 N–H and O–H groups in total. The second-order valence-corrected chi connectivity index (χ2v) is 6.19. The van der Waals surface area contributed by atoms with Crippen molar-refractivity contribution in [1.29, 1.82) is 5.26 Å². The van der Waals surface area contributed by atoms with Crippen molar-refractivity contribution in [1.82, 2.24) is 19.9 Å². The van der Waals surface area contributed by atoms with E-state index in [1.54, 1.807) is 23.1 Å². The molecule has 1 saturated heterocycles. The number of rotatable bonds is 3. The van der Waals surface area contributed by atoms with Gasteiger partial charge in [0.1, 0.15) is 12.2 Å². The molecule has 1 aromatic carbocycles. The number of carbonyl (C=O) groups is 1. The number of nitriles is 1. The molecule has 27 heavy (non-hydrogen) atoms. The number of H-pyrrole nitrogens is 1. The van der Waals surface area contributed by atoms with Gasteiger partial charge in [0.05, 0.1) is 12.1 Å². The largest absolute Gasteiger partial charge is 0.470 e. The van der Waals surface area contributed by atoms with E-state index < -0.39 is 0 Å². The fourth-order valence-corrected chi connectivity index (χ4v) is 3.21. The molecule has 1 amide bonds. The number of aromatic amines is 1. The number of likely N-dealkylation sites (tertiary alicyclic amines) is 1. The van der Waals surface area contributed by atoms with Gasteiger partial charge in [0, 0.05) is 42.3 Å². The summed E-state index contributed by atoms with van der Waals surface area (Å²) >= 11 is 0. The molecule has 0 spiro atoms. The minimum Gasteiger partial charge on any atom is -0.470 e. The Labute approximate surface area is 154 Å². The Kier molecular flexibility index (Phi) is 4.26. The normalized spacial score (nSPS) is 16.3. The number of para-hydroxylation sites is 1. The fraction of sp³-hybridized carbons (Fsp3) is 0.211. The van der Waals surface area contributed by atoms with Crippen LogP contribution in [0.2, 0.25) is 0 Å². The quantitative estimate of drug-likeness (QED) is 0.756. The van der Waals surface area contributed by atoms with E-state index >= 15 is 0 Å². The van der Waals surface area contributed by atoms with Gasteiger partial charge in [-0.1, -0.05) is 18.2 Å². The maximum atomic E-state index is 13.0. The Morgan fingerprint density at radius 1 is 1.30 bits per heavy atom. The molecule has 0 bridgehead atoms. The molecular weight excluding hydrogens is 346 g/mol. The van der Waals surface area contributed by atoms with Crippen molar-refractivity contribution >= 4 is 16.8 Å². The molecule has 1 aliphatic heterocycles. The lowest BCUT2D eigenvalue weighted by molar-refractivity contribution is 0.0772. The third-order valence-corrected chi connectivity index (χ3v) is 4.46. The summed E-state index contributed by atoms with van der Waals surface area (Å²) in [6, 6.07) is 10.5. The molecule has 1 aliphatic rings. The van der Waals surface area contributed by atoms with Gasteiger partial charge in [-0.25, -0.2) is 9.97 Å². The molecule has 8 nitrogen and oxygen atoms in total. The molecule has 1 unspecified atom stereocenters. The van der Waals surface area contributed by atoms with Gasteiger partial charge in [0.2, 0.25) is 11.3 Å². The Bertz CT molecular complexity index is 1120. The molecule has 3 heterocycles. The van der Waals surface area contributed by atoms with E-state index in [1.165, 1.54) is 18.5 Å². The zero-order chi connectivity index (χ0) is 18.8. The first kappa shape index (κ1) is 16.7. The van der Waals surface area contributed by atoms with Gasteiger partial charge >= 0.3 is 0 Å². The zero-order valence-electron chi connectivity index (χ0n) is 14.3. The molecule has 4 rings (SSSR count). The van der Waals surface area contributed by atoms with Crippen LogP contribution in [-0.4, -0.2) is 45.0 Å². The van der Waals surface area contributed by atoms with Gasteiger partial charge < -0.3 is 14.6 Å². The van der Waals surface area contributed by atoms with Gasteiger partial charge in [-0.2, -0.15) is 5.26 Å². The minimum atomic E-state index is -0.317. The summed E-state index contributed by atoms with van der Waals surface area (Å²) in [5.74, 6) is -0.0519.